The lowest BCUT2D eigenvalue weighted by Gasteiger charge is -2.26. The lowest BCUT2D eigenvalue weighted by Crippen LogP contribution is -2.40. The summed E-state index contributed by atoms with van der Waals surface area (Å²) in [5.74, 6) is 0.563. The van der Waals surface area contributed by atoms with Crippen LogP contribution in [0.15, 0.2) is 69.6 Å². The maximum atomic E-state index is 14.1. The first-order valence-electron chi connectivity index (χ1n) is 13.0. The fourth-order valence-corrected chi connectivity index (χ4v) is 6.59. The Balaban J connectivity index is 1.72. The van der Waals surface area contributed by atoms with Gasteiger partial charge in [-0.25, -0.2) is 9.79 Å². The number of allylic oxidation sites excluding steroid dienone is 1. The Morgan fingerprint density at radius 3 is 2.46 bits per heavy atom. The van der Waals surface area contributed by atoms with Crippen molar-refractivity contribution in [2.75, 3.05) is 20.8 Å². The molecule has 0 saturated heterocycles. The second-order valence-electron chi connectivity index (χ2n) is 9.55. The fourth-order valence-electron chi connectivity index (χ4n) is 5.19. The molecule has 1 atom stereocenters. The number of aryl methyl sites for hydroxylation is 1. The molecular formula is C31H30IN3O5S. The third-order valence-corrected chi connectivity index (χ3v) is 8.80. The smallest absolute Gasteiger partial charge is 0.338 e. The molecule has 0 unspecified atom stereocenters. The second-order valence-corrected chi connectivity index (χ2v) is 11.8. The third-order valence-electron chi connectivity index (χ3n) is 7.09. The molecule has 2 aromatic carbocycles. The van der Waals surface area contributed by atoms with Gasteiger partial charge in [-0.05, 0) is 104 Å². The zero-order valence-electron chi connectivity index (χ0n) is 23.6. The summed E-state index contributed by atoms with van der Waals surface area (Å²) in [5, 5.41) is 0. The van der Waals surface area contributed by atoms with Crippen LogP contribution in [0.2, 0.25) is 0 Å². The molecule has 41 heavy (non-hydrogen) atoms. The standard InChI is InChI=1S/C31H30IN3O5S/c1-7-40-30(37)27-18(3)33-31-35(28(27)24-13-12-23(38-5)16-25(24)39-6)29(36)26(41-31)15-20-14-17(2)34(19(20)4)22-10-8-21(32)9-11-22/h8-16,28H,7H2,1-6H3/b26-15-/t28-/m0/s1. The molecule has 0 spiro atoms. The van der Waals surface area contributed by atoms with Crippen molar-refractivity contribution in [3.05, 3.63) is 106 Å². The number of methoxy groups -OCH3 is 2. The number of hydrogen-bond acceptors (Lipinski definition) is 7. The quantitative estimate of drug-likeness (QED) is 0.206. The second kappa shape index (κ2) is 11.7. The normalized spacial score (nSPS) is 15.0. The highest BCUT2D eigenvalue weighted by atomic mass is 127. The maximum Gasteiger partial charge on any atom is 0.338 e. The number of fused-ring (bicyclic) bond motifs is 1. The predicted molar refractivity (Wildman–Crippen MR) is 168 cm³/mol. The van der Waals surface area contributed by atoms with Crippen molar-refractivity contribution in [1.29, 1.82) is 0 Å². The van der Waals surface area contributed by atoms with E-state index in [9.17, 15) is 9.59 Å². The van der Waals surface area contributed by atoms with Crippen LogP contribution in [0.3, 0.4) is 0 Å². The van der Waals surface area contributed by atoms with E-state index in [-0.39, 0.29) is 12.2 Å². The van der Waals surface area contributed by atoms with E-state index in [0.717, 1.165) is 26.2 Å². The molecule has 4 aromatic rings. The molecule has 5 rings (SSSR count). The molecule has 212 valence electrons. The van der Waals surface area contributed by atoms with E-state index < -0.39 is 12.0 Å². The van der Waals surface area contributed by atoms with Crippen LogP contribution in [0.25, 0.3) is 11.8 Å². The van der Waals surface area contributed by atoms with Gasteiger partial charge in [0.15, 0.2) is 4.80 Å². The fraction of sp³-hybridized carbons (Fsp3) is 0.258. The summed E-state index contributed by atoms with van der Waals surface area (Å²) < 4.78 is 21.9. The Morgan fingerprint density at radius 2 is 1.80 bits per heavy atom. The van der Waals surface area contributed by atoms with Gasteiger partial charge in [0, 0.05) is 32.3 Å². The number of halogens is 1. The van der Waals surface area contributed by atoms with Crippen molar-refractivity contribution < 1.29 is 19.0 Å². The summed E-state index contributed by atoms with van der Waals surface area (Å²) >= 11 is 3.59. The zero-order chi connectivity index (χ0) is 29.4. The van der Waals surface area contributed by atoms with Crippen molar-refractivity contribution in [1.82, 2.24) is 9.13 Å². The number of carbonyl (C=O) groups is 1. The van der Waals surface area contributed by atoms with E-state index in [0.29, 0.717) is 37.7 Å². The highest BCUT2D eigenvalue weighted by Crippen LogP contribution is 2.37. The van der Waals surface area contributed by atoms with Gasteiger partial charge < -0.3 is 18.8 Å². The minimum atomic E-state index is -0.785. The van der Waals surface area contributed by atoms with Gasteiger partial charge >= 0.3 is 5.97 Å². The summed E-state index contributed by atoms with van der Waals surface area (Å²) in [4.78, 5) is 32.5. The van der Waals surface area contributed by atoms with E-state index in [1.807, 2.05) is 19.1 Å². The molecule has 0 saturated carbocycles. The Labute approximate surface area is 255 Å². The van der Waals surface area contributed by atoms with Crippen LogP contribution in [-0.4, -0.2) is 35.9 Å². The Hall–Kier alpha value is -3.64. The molecular weight excluding hydrogens is 653 g/mol. The molecule has 0 amide bonds. The molecule has 1 aliphatic heterocycles. The van der Waals surface area contributed by atoms with Gasteiger partial charge in [0.25, 0.3) is 5.56 Å². The van der Waals surface area contributed by atoms with Crippen LogP contribution in [0, 0.1) is 17.4 Å². The molecule has 1 aliphatic rings. The minimum absolute atomic E-state index is 0.197. The van der Waals surface area contributed by atoms with Crippen LogP contribution < -0.4 is 24.4 Å². The lowest BCUT2D eigenvalue weighted by atomic mass is 9.95. The summed E-state index contributed by atoms with van der Waals surface area (Å²) in [7, 11) is 3.12. The first-order valence-corrected chi connectivity index (χ1v) is 14.9. The Morgan fingerprint density at radius 1 is 1.07 bits per heavy atom. The number of aromatic nitrogens is 2. The van der Waals surface area contributed by atoms with Crippen LogP contribution >= 0.6 is 33.9 Å². The van der Waals surface area contributed by atoms with Gasteiger partial charge in [-0.1, -0.05) is 11.3 Å². The van der Waals surface area contributed by atoms with Crippen LogP contribution in [-0.2, 0) is 9.53 Å². The topological polar surface area (TPSA) is 84.1 Å². The number of hydrogen-bond donors (Lipinski definition) is 0. The first-order chi connectivity index (χ1) is 19.7. The highest BCUT2D eigenvalue weighted by molar-refractivity contribution is 14.1. The Bertz CT molecular complexity index is 1860. The number of nitrogens with zero attached hydrogens (tertiary/aromatic N) is 3. The van der Waals surface area contributed by atoms with Gasteiger partial charge in [-0.2, -0.15) is 0 Å². The van der Waals surface area contributed by atoms with Crippen molar-refractivity contribution in [3.8, 4) is 17.2 Å². The summed E-state index contributed by atoms with van der Waals surface area (Å²) in [6.07, 6.45) is 1.90. The van der Waals surface area contributed by atoms with Gasteiger partial charge in [0.1, 0.15) is 17.5 Å². The lowest BCUT2D eigenvalue weighted by molar-refractivity contribution is -0.139. The number of carbonyl (C=O) groups excluding carboxylic acids is 1. The largest absolute Gasteiger partial charge is 0.497 e. The van der Waals surface area contributed by atoms with E-state index in [1.165, 1.54) is 11.3 Å². The van der Waals surface area contributed by atoms with Crippen molar-refractivity contribution in [2.24, 2.45) is 4.99 Å². The van der Waals surface area contributed by atoms with E-state index >= 15 is 0 Å². The van der Waals surface area contributed by atoms with E-state index in [2.05, 4.69) is 69.4 Å². The maximum absolute atomic E-state index is 14.1. The summed E-state index contributed by atoms with van der Waals surface area (Å²) in [6, 6.07) is 14.9. The molecule has 3 heterocycles. The molecule has 10 heteroatoms. The number of rotatable bonds is 7. The predicted octanol–water partition coefficient (Wildman–Crippen LogP) is 4.83. The zero-order valence-corrected chi connectivity index (χ0v) is 26.6. The SMILES string of the molecule is CCOC(=O)C1=C(C)N=c2s/c(=C\c3cc(C)n(-c4ccc(I)cc4)c3C)c(=O)n2[C@H]1c1ccc(OC)cc1OC. The van der Waals surface area contributed by atoms with Crippen molar-refractivity contribution in [3.63, 3.8) is 0 Å². The number of ether oxygens (including phenoxy) is 3. The number of benzene rings is 2. The molecule has 0 aliphatic carbocycles. The van der Waals surface area contributed by atoms with Crippen molar-refractivity contribution >= 4 is 46.0 Å². The van der Waals surface area contributed by atoms with Gasteiger partial charge in [-0.15, -0.1) is 0 Å². The Kier molecular flexibility index (Phi) is 8.23. The molecule has 0 bridgehead atoms. The number of esters is 1. The van der Waals surface area contributed by atoms with Gasteiger partial charge in [-0.3, -0.25) is 9.36 Å². The summed E-state index contributed by atoms with van der Waals surface area (Å²) in [6.45, 7) is 7.80. The van der Waals surface area contributed by atoms with Crippen LogP contribution in [0.1, 0.15) is 42.4 Å². The minimum Gasteiger partial charge on any atom is -0.497 e. The summed E-state index contributed by atoms with van der Waals surface area (Å²) in [5.41, 5.74) is 5.26. The van der Waals surface area contributed by atoms with Crippen LogP contribution in [0.5, 0.6) is 11.5 Å². The average molecular weight is 684 g/mol. The van der Waals surface area contributed by atoms with Gasteiger partial charge in [0.05, 0.1) is 36.6 Å². The first kappa shape index (κ1) is 28.9. The molecule has 2 aromatic heterocycles. The van der Waals surface area contributed by atoms with Crippen LogP contribution in [0.4, 0.5) is 0 Å². The van der Waals surface area contributed by atoms with Crippen molar-refractivity contribution in [2.45, 2.75) is 33.7 Å². The van der Waals surface area contributed by atoms with E-state index in [4.69, 9.17) is 14.2 Å². The monoisotopic (exact) mass is 683 g/mol. The third kappa shape index (κ3) is 5.26. The van der Waals surface area contributed by atoms with E-state index in [1.54, 1.807) is 44.8 Å². The molecule has 8 nitrogen and oxygen atoms in total. The average Bonchev–Trinajstić information content (AvgIpc) is 3.41. The molecule has 0 fully saturated rings. The van der Waals surface area contributed by atoms with Gasteiger partial charge in [0.2, 0.25) is 0 Å². The molecule has 0 N–H and O–H groups in total. The number of thiazole rings is 1. The highest BCUT2D eigenvalue weighted by Gasteiger charge is 2.35. The molecule has 0 radical (unpaired) electrons.